The minimum Gasteiger partial charge on any atom is -0.307 e. The minimum absolute atomic E-state index is 0.0726. The van der Waals surface area contributed by atoms with E-state index in [9.17, 15) is 0 Å². The van der Waals surface area contributed by atoms with E-state index in [1.807, 2.05) is 31.0 Å². The summed E-state index contributed by atoms with van der Waals surface area (Å²) in [6.07, 6.45) is 12.3. The number of rotatable bonds is 4. The van der Waals surface area contributed by atoms with Gasteiger partial charge in [-0.05, 0) is 67.0 Å². The van der Waals surface area contributed by atoms with Crippen molar-refractivity contribution in [3.8, 4) is 0 Å². The first-order valence-electron chi connectivity index (χ1n) is 11.0. The monoisotopic (exact) mass is 434 g/mol. The number of aliphatic imine (C=N–C) groups is 1. The van der Waals surface area contributed by atoms with E-state index >= 15 is 0 Å². The average Bonchev–Trinajstić information content (AvgIpc) is 2.70. The van der Waals surface area contributed by atoms with Crippen LogP contribution in [0.15, 0.2) is 87.0 Å². The van der Waals surface area contributed by atoms with Crippen molar-refractivity contribution < 1.29 is 0 Å². The van der Waals surface area contributed by atoms with Crippen LogP contribution in [0.1, 0.15) is 67.9 Å². The van der Waals surface area contributed by atoms with E-state index in [-0.39, 0.29) is 10.8 Å². The smallest absolute Gasteiger partial charge is 0.0639 e. The molecule has 0 bridgehead atoms. The first-order chi connectivity index (χ1) is 14.5. The maximum atomic E-state index is 4.39. The molecule has 0 atom stereocenters. The molecule has 1 heterocycles. The quantitative estimate of drug-likeness (QED) is 0.347. The highest BCUT2D eigenvalue weighted by molar-refractivity contribution is 8.03. The standard InChI is InChI=1S/C28H38N2S/c1-11-20(27(5,6)7)17-25-23(13-3)30(22(12-2)19-29-14-4)24-16-15-21(28(8,9)10)18-26(24)31-25/h11-19H,2H2,1,3-10H3/b20-11+,22-19+,23-13+,25-17+,29-14+. The van der Waals surface area contributed by atoms with Gasteiger partial charge in [0.2, 0.25) is 0 Å². The summed E-state index contributed by atoms with van der Waals surface area (Å²) in [5.41, 5.74) is 6.10. The lowest BCUT2D eigenvalue weighted by atomic mass is 9.86. The summed E-state index contributed by atoms with van der Waals surface area (Å²) in [5, 5.41) is 0. The van der Waals surface area contributed by atoms with Crippen LogP contribution >= 0.6 is 11.8 Å². The van der Waals surface area contributed by atoms with E-state index in [2.05, 4.69) is 108 Å². The number of hydrogen-bond acceptors (Lipinski definition) is 3. The normalized spacial score (nSPS) is 18.8. The molecule has 2 rings (SSSR count). The Morgan fingerprint density at radius 1 is 1.06 bits per heavy atom. The predicted molar refractivity (Wildman–Crippen MR) is 141 cm³/mol. The molecule has 1 aliphatic rings. The zero-order valence-electron chi connectivity index (χ0n) is 20.7. The molecule has 0 fully saturated rings. The molecule has 0 unspecified atom stereocenters. The highest BCUT2D eigenvalue weighted by atomic mass is 32.2. The van der Waals surface area contributed by atoms with E-state index in [0.29, 0.717) is 0 Å². The summed E-state index contributed by atoms with van der Waals surface area (Å²) in [7, 11) is 0. The van der Waals surface area contributed by atoms with Crippen molar-refractivity contribution in [2.24, 2.45) is 10.4 Å². The highest BCUT2D eigenvalue weighted by Crippen LogP contribution is 2.50. The second-order valence-electron chi connectivity index (χ2n) is 9.71. The Morgan fingerprint density at radius 3 is 2.23 bits per heavy atom. The number of benzene rings is 1. The van der Waals surface area contributed by atoms with E-state index in [1.54, 1.807) is 6.21 Å². The van der Waals surface area contributed by atoms with Crippen molar-refractivity contribution >= 4 is 23.7 Å². The SMILES string of the molecule is C=C/C(=C\N=C\C)N1C(=C/C)/C(=C\C(=C/C)C(C)(C)C)Sc2cc(C(C)(C)C)ccc21. The van der Waals surface area contributed by atoms with Gasteiger partial charge in [0.25, 0.3) is 0 Å². The van der Waals surface area contributed by atoms with Crippen LogP contribution in [-0.4, -0.2) is 6.21 Å². The molecular weight excluding hydrogens is 396 g/mol. The van der Waals surface area contributed by atoms with Crippen LogP contribution in [0.2, 0.25) is 0 Å². The lowest BCUT2D eigenvalue weighted by molar-refractivity contribution is 0.516. The molecule has 3 heteroatoms. The Labute approximate surface area is 194 Å². The van der Waals surface area contributed by atoms with Gasteiger partial charge in [0, 0.05) is 16.0 Å². The number of hydrogen-bond donors (Lipinski definition) is 0. The van der Waals surface area contributed by atoms with E-state index in [4.69, 9.17) is 0 Å². The summed E-state index contributed by atoms with van der Waals surface area (Å²) >= 11 is 1.85. The molecule has 1 aliphatic heterocycles. The Balaban J connectivity index is 2.81. The first-order valence-corrected chi connectivity index (χ1v) is 11.8. The van der Waals surface area contributed by atoms with Gasteiger partial charge in [-0.15, -0.1) is 0 Å². The number of fused-ring (bicyclic) bond motifs is 1. The van der Waals surface area contributed by atoms with Crippen molar-refractivity contribution in [3.63, 3.8) is 0 Å². The molecule has 0 saturated carbocycles. The molecule has 0 aliphatic carbocycles. The Morgan fingerprint density at radius 2 is 1.74 bits per heavy atom. The first kappa shape index (κ1) is 25.0. The molecule has 0 amide bonds. The third-order valence-corrected chi connectivity index (χ3v) is 6.43. The number of allylic oxidation sites excluding steroid dienone is 5. The highest BCUT2D eigenvalue weighted by Gasteiger charge is 2.29. The summed E-state index contributed by atoms with van der Waals surface area (Å²) in [6.45, 7) is 23.8. The second-order valence-corrected chi connectivity index (χ2v) is 10.8. The maximum Gasteiger partial charge on any atom is 0.0639 e. The van der Waals surface area contributed by atoms with Gasteiger partial charge < -0.3 is 4.90 Å². The molecular formula is C28H38N2S. The maximum absolute atomic E-state index is 4.39. The van der Waals surface area contributed by atoms with Gasteiger partial charge in [-0.2, -0.15) is 0 Å². The third-order valence-electron chi connectivity index (χ3n) is 5.34. The van der Waals surface area contributed by atoms with Crippen molar-refractivity contribution in [1.29, 1.82) is 0 Å². The van der Waals surface area contributed by atoms with Crippen LogP contribution in [0.25, 0.3) is 0 Å². The van der Waals surface area contributed by atoms with Crippen LogP contribution in [-0.2, 0) is 5.41 Å². The van der Waals surface area contributed by atoms with Gasteiger partial charge in [-0.1, -0.05) is 78.1 Å². The van der Waals surface area contributed by atoms with Crippen molar-refractivity contribution in [2.75, 3.05) is 4.90 Å². The Hall–Kier alpha value is -2.26. The lowest BCUT2D eigenvalue weighted by Gasteiger charge is -2.36. The van der Waals surface area contributed by atoms with Gasteiger partial charge in [-0.3, -0.25) is 4.99 Å². The summed E-state index contributed by atoms with van der Waals surface area (Å²) in [5.74, 6) is 0. The number of nitrogens with zero attached hydrogens (tertiary/aromatic N) is 2. The van der Waals surface area contributed by atoms with Crippen LogP contribution in [0, 0.1) is 5.41 Å². The van der Waals surface area contributed by atoms with Gasteiger partial charge in [0.1, 0.15) is 0 Å². The molecule has 1 aromatic carbocycles. The average molecular weight is 435 g/mol. The topological polar surface area (TPSA) is 15.6 Å². The largest absolute Gasteiger partial charge is 0.307 e. The third kappa shape index (κ3) is 5.71. The second kappa shape index (κ2) is 9.91. The van der Waals surface area contributed by atoms with Crippen LogP contribution in [0.5, 0.6) is 0 Å². The van der Waals surface area contributed by atoms with Crippen LogP contribution in [0.4, 0.5) is 5.69 Å². The van der Waals surface area contributed by atoms with E-state index in [0.717, 1.165) is 11.4 Å². The molecule has 2 nitrogen and oxygen atoms in total. The fourth-order valence-corrected chi connectivity index (χ4v) is 4.72. The summed E-state index contributed by atoms with van der Waals surface area (Å²) in [6, 6.07) is 6.81. The van der Waals surface area contributed by atoms with Gasteiger partial charge in [-0.25, -0.2) is 0 Å². The van der Waals surface area contributed by atoms with Gasteiger partial charge in [0.15, 0.2) is 0 Å². The molecule has 0 radical (unpaired) electrons. The van der Waals surface area contributed by atoms with Gasteiger partial charge in [0.05, 0.1) is 23.3 Å². The van der Waals surface area contributed by atoms with Crippen LogP contribution in [0.3, 0.4) is 0 Å². The fraction of sp³-hybridized carbons (Fsp3) is 0.393. The summed E-state index contributed by atoms with van der Waals surface area (Å²) in [4.78, 5) is 9.16. The molecule has 0 N–H and O–H groups in total. The zero-order chi connectivity index (χ0) is 23.4. The Bertz CT molecular complexity index is 973. The fourth-order valence-electron chi connectivity index (χ4n) is 3.54. The zero-order valence-corrected chi connectivity index (χ0v) is 21.5. The van der Waals surface area contributed by atoms with E-state index in [1.165, 1.54) is 26.6 Å². The molecule has 0 spiro atoms. The number of thioether (sulfide) groups is 1. The Kier molecular flexibility index (Phi) is 7.99. The number of anilines is 1. The van der Waals surface area contributed by atoms with Crippen LogP contribution < -0.4 is 4.90 Å². The van der Waals surface area contributed by atoms with Crippen molar-refractivity contribution in [2.45, 2.75) is 72.6 Å². The summed E-state index contributed by atoms with van der Waals surface area (Å²) < 4.78 is 0. The predicted octanol–water partition coefficient (Wildman–Crippen LogP) is 8.79. The molecule has 31 heavy (non-hydrogen) atoms. The van der Waals surface area contributed by atoms with Crippen molar-refractivity contribution in [3.05, 3.63) is 82.7 Å². The van der Waals surface area contributed by atoms with Gasteiger partial charge >= 0.3 is 0 Å². The molecule has 0 aromatic heterocycles. The van der Waals surface area contributed by atoms with E-state index < -0.39 is 0 Å². The lowest BCUT2D eigenvalue weighted by Crippen LogP contribution is -2.26. The molecule has 0 saturated heterocycles. The minimum atomic E-state index is 0.0726. The van der Waals surface area contributed by atoms with Crippen molar-refractivity contribution in [1.82, 2.24) is 0 Å². The molecule has 1 aromatic rings. The molecule has 166 valence electrons.